The highest BCUT2D eigenvalue weighted by Crippen LogP contribution is 2.56. The predicted molar refractivity (Wildman–Crippen MR) is 64.9 cm³/mol. The molecule has 1 heterocycles. The Bertz CT molecular complexity index is 267. The van der Waals surface area contributed by atoms with Crippen LogP contribution >= 0.6 is 0 Å². The lowest BCUT2D eigenvalue weighted by atomic mass is 9.73. The summed E-state index contributed by atoms with van der Waals surface area (Å²) in [7, 11) is -1.28. The minimum absolute atomic E-state index is 0.00292. The van der Waals surface area contributed by atoms with Crippen LogP contribution in [0, 0.1) is 11.8 Å². The highest BCUT2D eigenvalue weighted by atomic mass is 32.2. The zero-order valence-electron chi connectivity index (χ0n) is 10.0. The standard InChI is InChI=1S/C13H20F3S/c14-13(15,16)17-11-7-3-1-5-9(11)10-6-2-4-8-12(10)17/h9-12H,1-8H2/q+1. The zero-order valence-corrected chi connectivity index (χ0v) is 10.8. The zero-order chi connectivity index (χ0) is 12.0. The van der Waals surface area contributed by atoms with Gasteiger partial charge in [-0.15, -0.1) is 13.2 Å². The molecule has 2 aliphatic carbocycles. The van der Waals surface area contributed by atoms with Gasteiger partial charge in [0.15, 0.2) is 0 Å². The van der Waals surface area contributed by atoms with Gasteiger partial charge in [0.2, 0.25) is 0 Å². The van der Waals surface area contributed by atoms with Crippen LogP contribution < -0.4 is 0 Å². The first-order chi connectivity index (χ1) is 8.09. The van der Waals surface area contributed by atoms with Crippen molar-refractivity contribution >= 4 is 10.9 Å². The molecule has 0 aromatic carbocycles. The van der Waals surface area contributed by atoms with Crippen LogP contribution in [0.3, 0.4) is 0 Å². The van der Waals surface area contributed by atoms with E-state index in [0.717, 1.165) is 38.5 Å². The van der Waals surface area contributed by atoms with E-state index in [9.17, 15) is 13.2 Å². The molecule has 1 aliphatic heterocycles. The molecule has 17 heavy (non-hydrogen) atoms. The van der Waals surface area contributed by atoms with Crippen molar-refractivity contribution in [1.82, 2.24) is 0 Å². The molecule has 0 nitrogen and oxygen atoms in total. The van der Waals surface area contributed by atoms with Gasteiger partial charge in [-0.2, -0.15) is 0 Å². The van der Waals surface area contributed by atoms with E-state index in [4.69, 9.17) is 0 Å². The molecule has 4 unspecified atom stereocenters. The Morgan fingerprint density at radius 2 is 1.12 bits per heavy atom. The minimum atomic E-state index is -3.92. The normalized spacial score (nSPS) is 46.4. The number of hydrogen-bond acceptors (Lipinski definition) is 0. The van der Waals surface area contributed by atoms with Crippen LogP contribution in [0.1, 0.15) is 51.4 Å². The van der Waals surface area contributed by atoms with Crippen molar-refractivity contribution < 1.29 is 13.2 Å². The number of hydrogen-bond donors (Lipinski definition) is 0. The summed E-state index contributed by atoms with van der Waals surface area (Å²) in [6.45, 7) is 0. The molecule has 0 aromatic heterocycles. The van der Waals surface area contributed by atoms with E-state index in [1.165, 1.54) is 12.8 Å². The summed E-state index contributed by atoms with van der Waals surface area (Å²) in [5.74, 6) is 0.831. The summed E-state index contributed by atoms with van der Waals surface area (Å²) >= 11 is 0. The number of halogens is 3. The molecule has 4 atom stereocenters. The topological polar surface area (TPSA) is 0 Å². The van der Waals surface area contributed by atoms with Crippen LogP contribution in [0.25, 0.3) is 0 Å². The molecule has 0 aromatic rings. The smallest absolute Gasteiger partial charge is 0.123 e. The number of fused-ring (bicyclic) bond motifs is 3. The highest BCUT2D eigenvalue weighted by Gasteiger charge is 2.69. The van der Waals surface area contributed by atoms with E-state index in [1.807, 2.05) is 0 Å². The van der Waals surface area contributed by atoms with Crippen molar-refractivity contribution in [2.45, 2.75) is 67.4 Å². The second kappa shape index (κ2) is 4.36. The Balaban J connectivity index is 1.90. The lowest BCUT2D eigenvalue weighted by Gasteiger charge is -2.27. The monoisotopic (exact) mass is 265 g/mol. The van der Waals surface area contributed by atoms with Gasteiger partial charge in [-0.3, -0.25) is 0 Å². The van der Waals surface area contributed by atoms with E-state index in [-0.39, 0.29) is 10.5 Å². The Labute approximate surface area is 104 Å². The van der Waals surface area contributed by atoms with Crippen LogP contribution in [0.5, 0.6) is 0 Å². The molecule has 3 aliphatic rings. The third kappa shape index (κ3) is 2.00. The maximum absolute atomic E-state index is 13.3. The molecule has 4 heteroatoms. The maximum atomic E-state index is 13.3. The third-order valence-electron chi connectivity index (χ3n) is 4.98. The Morgan fingerprint density at radius 3 is 1.53 bits per heavy atom. The van der Waals surface area contributed by atoms with E-state index in [2.05, 4.69) is 0 Å². The molecule has 0 amide bonds. The summed E-state index contributed by atoms with van der Waals surface area (Å²) < 4.78 is 39.9. The summed E-state index contributed by atoms with van der Waals surface area (Å²) in [5, 5.41) is -0.00583. The second-order valence-corrected chi connectivity index (χ2v) is 8.21. The van der Waals surface area contributed by atoms with E-state index < -0.39 is 16.4 Å². The van der Waals surface area contributed by atoms with Crippen molar-refractivity contribution in [2.24, 2.45) is 11.8 Å². The van der Waals surface area contributed by atoms with Gasteiger partial charge in [0.05, 0.1) is 0 Å². The molecule has 98 valence electrons. The summed E-state index contributed by atoms with van der Waals surface area (Å²) in [6.07, 6.45) is 8.23. The van der Waals surface area contributed by atoms with Gasteiger partial charge in [-0.1, -0.05) is 12.8 Å². The average Bonchev–Trinajstić information content (AvgIpc) is 2.63. The lowest BCUT2D eigenvalue weighted by Crippen LogP contribution is -2.39. The molecule has 0 radical (unpaired) electrons. The first kappa shape index (κ1) is 12.2. The molecule has 0 N–H and O–H groups in total. The van der Waals surface area contributed by atoms with E-state index in [1.54, 1.807) is 0 Å². The highest BCUT2D eigenvalue weighted by molar-refractivity contribution is 7.99. The molecular formula is C13H20F3S+. The van der Waals surface area contributed by atoms with Gasteiger partial charge >= 0.3 is 5.51 Å². The van der Waals surface area contributed by atoms with Gasteiger partial charge in [0, 0.05) is 11.8 Å². The first-order valence-electron chi connectivity index (χ1n) is 6.88. The Morgan fingerprint density at radius 1 is 0.706 bits per heavy atom. The largest absolute Gasteiger partial charge is 0.575 e. The van der Waals surface area contributed by atoms with Crippen LogP contribution in [0.4, 0.5) is 13.2 Å². The molecule has 0 spiro atoms. The van der Waals surface area contributed by atoms with Crippen molar-refractivity contribution in [3.05, 3.63) is 0 Å². The third-order valence-corrected chi connectivity index (χ3v) is 7.99. The van der Waals surface area contributed by atoms with Crippen LogP contribution in [0.15, 0.2) is 0 Å². The van der Waals surface area contributed by atoms with Gasteiger partial charge < -0.3 is 0 Å². The van der Waals surface area contributed by atoms with Gasteiger partial charge in [-0.05, 0) is 38.5 Å². The number of rotatable bonds is 0. The lowest BCUT2D eigenvalue weighted by molar-refractivity contribution is -0.0383. The number of alkyl halides is 3. The van der Waals surface area contributed by atoms with Gasteiger partial charge in [0.1, 0.15) is 21.4 Å². The minimum Gasteiger partial charge on any atom is -0.123 e. The van der Waals surface area contributed by atoms with Crippen LogP contribution in [-0.2, 0) is 10.9 Å². The van der Waals surface area contributed by atoms with Crippen molar-refractivity contribution in [1.29, 1.82) is 0 Å². The molecule has 3 fully saturated rings. The quantitative estimate of drug-likeness (QED) is 0.574. The predicted octanol–water partition coefficient (Wildman–Crippen LogP) is 4.26. The SMILES string of the molecule is FC(F)(F)[S+]1C2CCCCC2C2CCCCC21. The fourth-order valence-electron chi connectivity index (χ4n) is 4.43. The molecule has 3 rings (SSSR count). The van der Waals surface area contributed by atoms with Crippen molar-refractivity contribution in [3.63, 3.8) is 0 Å². The fourth-order valence-corrected chi connectivity index (χ4v) is 7.83. The van der Waals surface area contributed by atoms with Gasteiger partial charge in [0.25, 0.3) is 0 Å². The second-order valence-electron chi connectivity index (χ2n) is 5.79. The molecule has 1 saturated heterocycles. The van der Waals surface area contributed by atoms with Crippen LogP contribution in [-0.4, -0.2) is 16.0 Å². The van der Waals surface area contributed by atoms with Crippen molar-refractivity contribution in [3.8, 4) is 0 Å². The summed E-state index contributed by atoms with van der Waals surface area (Å²) in [5.41, 5.74) is -3.92. The first-order valence-corrected chi connectivity index (χ1v) is 8.23. The van der Waals surface area contributed by atoms with Gasteiger partial charge in [-0.25, -0.2) is 0 Å². The Hall–Kier alpha value is 0.140. The summed E-state index contributed by atoms with van der Waals surface area (Å²) in [6, 6.07) is 0. The molecule has 0 bridgehead atoms. The molecular weight excluding hydrogens is 245 g/mol. The maximum Gasteiger partial charge on any atom is 0.575 e. The fraction of sp³-hybridized carbons (Fsp3) is 1.00. The van der Waals surface area contributed by atoms with E-state index in [0.29, 0.717) is 11.8 Å². The van der Waals surface area contributed by atoms with Crippen molar-refractivity contribution in [2.75, 3.05) is 0 Å². The van der Waals surface area contributed by atoms with Crippen LogP contribution in [0.2, 0.25) is 0 Å². The average molecular weight is 265 g/mol. The summed E-state index contributed by atoms with van der Waals surface area (Å²) in [4.78, 5) is 0. The molecule has 2 saturated carbocycles. The van der Waals surface area contributed by atoms with E-state index >= 15 is 0 Å². The Kier molecular flexibility index (Phi) is 3.12.